The number of ether oxygens (including phenoxy) is 1. The number of benzene rings is 2. The Morgan fingerprint density at radius 2 is 1.81 bits per heavy atom. The molecule has 1 aromatic heterocycles. The predicted octanol–water partition coefficient (Wildman–Crippen LogP) is 6.09. The van der Waals surface area contributed by atoms with Crippen molar-refractivity contribution in [3.63, 3.8) is 0 Å². The predicted molar refractivity (Wildman–Crippen MR) is 136 cm³/mol. The van der Waals surface area contributed by atoms with E-state index in [1.165, 1.54) is 12.1 Å². The van der Waals surface area contributed by atoms with E-state index in [1.54, 1.807) is 13.0 Å². The van der Waals surface area contributed by atoms with Gasteiger partial charge in [0.2, 0.25) is 5.91 Å². The van der Waals surface area contributed by atoms with E-state index in [4.69, 9.17) is 17.0 Å². The topological polar surface area (TPSA) is 83.2 Å². The van der Waals surface area contributed by atoms with Crippen molar-refractivity contribution >= 4 is 35.9 Å². The molecule has 1 heterocycles. The molecular formula is C27H24F3N3O3S. The highest BCUT2D eigenvalue weighted by Crippen LogP contribution is 2.42. The van der Waals surface area contributed by atoms with Crippen LogP contribution in [0.2, 0.25) is 0 Å². The van der Waals surface area contributed by atoms with Crippen molar-refractivity contribution < 1.29 is 27.5 Å². The smallest absolute Gasteiger partial charge is 0.422 e. The van der Waals surface area contributed by atoms with Gasteiger partial charge in [0.1, 0.15) is 16.2 Å². The number of allylic oxidation sites excluding steroid dienone is 1. The van der Waals surface area contributed by atoms with Gasteiger partial charge in [-0.2, -0.15) is 13.2 Å². The Morgan fingerprint density at radius 1 is 1.08 bits per heavy atom. The fourth-order valence-electron chi connectivity index (χ4n) is 4.02. The number of amides is 2. The number of aromatic amines is 1. The summed E-state index contributed by atoms with van der Waals surface area (Å²) >= 11 is 5.15. The van der Waals surface area contributed by atoms with E-state index in [2.05, 4.69) is 15.6 Å². The number of pyridine rings is 1. The first-order valence-electron chi connectivity index (χ1n) is 11.5. The van der Waals surface area contributed by atoms with Gasteiger partial charge in [0.15, 0.2) is 6.61 Å². The van der Waals surface area contributed by atoms with Crippen LogP contribution in [0.15, 0.2) is 66.4 Å². The molecule has 2 aromatic carbocycles. The average Bonchev–Trinajstić information content (AvgIpc) is 3.24. The first kappa shape index (κ1) is 26.2. The van der Waals surface area contributed by atoms with Crippen molar-refractivity contribution in [3.05, 3.63) is 98.9 Å². The molecule has 37 heavy (non-hydrogen) atoms. The quantitative estimate of drug-likeness (QED) is 0.310. The van der Waals surface area contributed by atoms with Crippen molar-refractivity contribution in [3.8, 4) is 0 Å². The van der Waals surface area contributed by atoms with Gasteiger partial charge in [-0.25, -0.2) is 0 Å². The third-order valence-electron chi connectivity index (χ3n) is 5.76. The van der Waals surface area contributed by atoms with Crippen molar-refractivity contribution in [2.45, 2.75) is 32.0 Å². The molecule has 0 bridgehead atoms. The Hall–Kier alpha value is -3.92. The van der Waals surface area contributed by atoms with Gasteiger partial charge < -0.3 is 20.4 Å². The second-order valence-electron chi connectivity index (χ2n) is 8.49. The zero-order valence-corrected chi connectivity index (χ0v) is 20.6. The molecule has 0 saturated heterocycles. The van der Waals surface area contributed by atoms with E-state index >= 15 is 0 Å². The maximum Gasteiger partial charge on any atom is 0.422 e. The Labute approximate surface area is 216 Å². The minimum absolute atomic E-state index is 0.213. The van der Waals surface area contributed by atoms with Crippen LogP contribution in [-0.2, 0) is 16.1 Å². The Morgan fingerprint density at radius 3 is 2.51 bits per heavy atom. The lowest BCUT2D eigenvalue weighted by atomic mass is 9.91. The lowest BCUT2D eigenvalue weighted by molar-refractivity contribution is -0.165. The first-order chi connectivity index (χ1) is 17.6. The molecule has 10 heteroatoms. The highest BCUT2D eigenvalue weighted by Gasteiger charge is 2.33. The molecule has 0 spiro atoms. The van der Waals surface area contributed by atoms with E-state index in [-0.39, 0.29) is 30.5 Å². The minimum Gasteiger partial charge on any atom is -0.487 e. The van der Waals surface area contributed by atoms with Crippen molar-refractivity contribution in [1.29, 1.82) is 0 Å². The van der Waals surface area contributed by atoms with Crippen LogP contribution in [0.25, 0.3) is 6.08 Å². The SMILES string of the molecule is CCC(=O)Nc1cc(C(=O)NCc2ccc(C3C(OCC(F)(F)F)=Cc4ccccc43)cc2)cc(=S)[nH]1. The van der Waals surface area contributed by atoms with Crippen LogP contribution < -0.4 is 10.6 Å². The summed E-state index contributed by atoms with van der Waals surface area (Å²) < 4.78 is 43.9. The van der Waals surface area contributed by atoms with Crippen LogP contribution in [0, 0.1) is 4.64 Å². The van der Waals surface area contributed by atoms with Crippen LogP contribution in [0.3, 0.4) is 0 Å². The van der Waals surface area contributed by atoms with Gasteiger partial charge >= 0.3 is 6.18 Å². The molecule has 6 nitrogen and oxygen atoms in total. The maximum atomic E-state index is 12.8. The second kappa shape index (κ2) is 11.0. The molecule has 1 aliphatic carbocycles. The number of halogens is 3. The summed E-state index contributed by atoms with van der Waals surface area (Å²) in [6.07, 6.45) is -2.51. The lowest BCUT2D eigenvalue weighted by Crippen LogP contribution is -2.23. The molecule has 0 aliphatic heterocycles. The maximum absolute atomic E-state index is 12.8. The number of fused-ring (bicyclic) bond motifs is 1. The summed E-state index contributed by atoms with van der Waals surface area (Å²) in [6, 6.07) is 17.6. The average molecular weight is 528 g/mol. The molecule has 3 N–H and O–H groups in total. The molecule has 2 amide bonds. The van der Waals surface area contributed by atoms with Crippen molar-refractivity contribution in [1.82, 2.24) is 10.3 Å². The highest BCUT2D eigenvalue weighted by molar-refractivity contribution is 7.71. The van der Waals surface area contributed by atoms with Gasteiger partial charge in [-0.05, 0) is 40.5 Å². The Bertz CT molecular complexity index is 1400. The highest BCUT2D eigenvalue weighted by atomic mass is 32.1. The summed E-state index contributed by atoms with van der Waals surface area (Å²) in [5.41, 5.74) is 3.56. The fraction of sp³-hybridized carbons (Fsp3) is 0.222. The number of rotatable bonds is 8. The third-order valence-corrected chi connectivity index (χ3v) is 5.98. The molecule has 0 fully saturated rings. The molecule has 4 rings (SSSR count). The summed E-state index contributed by atoms with van der Waals surface area (Å²) in [5.74, 6) is -0.458. The van der Waals surface area contributed by atoms with E-state index in [0.717, 1.165) is 22.3 Å². The van der Waals surface area contributed by atoms with Crippen molar-refractivity contribution in [2.75, 3.05) is 11.9 Å². The van der Waals surface area contributed by atoms with E-state index in [9.17, 15) is 22.8 Å². The zero-order valence-electron chi connectivity index (χ0n) is 19.8. The van der Waals surface area contributed by atoms with Crippen LogP contribution in [-0.4, -0.2) is 29.6 Å². The summed E-state index contributed by atoms with van der Waals surface area (Å²) in [6.45, 7) is 0.570. The molecular weight excluding hydrogens is 503 g/mol. The van der Waals surface area contributed by atoms with Crippen LogP contribution in [0.5, 0.6) is 0 Å². The van der Waals surface area contributed by atoms with E-state index in [0.29, 0.717) is 16.0 Å². The molecule has 3 aromatic rings. The van der Waals surface area contributed by atoms with Crippen LogP contribution in [0.4, 0.5) is 19.0 Å². The first-order valence-corrected chi connectivity index (χ1v) is 11.9. The van der Waals surface area contributed by atoms with Gasteiger partial charge in [-0.3, -0.25) is 9.59 Å². The number of carbonyl (C=O) groups is 2. The molecule has 0 radical (unpaired) electrons. The van der Waals surface area contributed by atoms with E-state index < -0.39 is 18.7 Å². The number of anilines is 1. The van der Waals surface area contributed by atoms with Gasteiger partial charge in [0.05, 0.1) is 5.92 Å². The van der Waals surface area contributed by atoms with Crippen molar-refractivity contribution in [2.24, 2.45) is 0 Å². The summed E-state index contributed by atoms with van der Waals surface area (Å²) in [4.78, 5) is 27.2. The van der Waals surface area contributed by atoms with Crippen LogP contribution in [0.1, 0.15) is 51.9 Å². The molecule has 192 valence electrons. The lowest BCUT2D eigenvalue weighted by Gasteiger charge is -2.19. The minimum atomic E-state index is -4.44. The number of aromatic nitrogens is 1. The monoisotopic (exact) mass is 527 g/mol. The van der Waals surface area contributed by atoms with Gasteiger partial charge in [0.25, 0.3) is 5.91 Å². The third kappa shape index (κ3) is 6.65. The second-order valence-corrected chi connectivity index (χ2v) is 8.93. The number of hydrogen-bond donors (Lipinski definition) is 3. The number of alkyl halides is 3. The Balaban J connectivity index is 1.45. The fourth-order valence-corrected chi connectivity index (χ4v) is 4.26. The largest absolute Gasteiger partial charge is 0.487 e. The summed E-state index contributed by atoms with van der Waals surface area (Å²) in [5, 5.41) is 5.46. The molecule has 1 aliphatic rings. The van der Waals surface area contributed by atoms with E-state index in [1.807, 2.05) is 48.5 Å². The number of H-pyrrole nitrogens is 1. The van der Waals surface area contributed by atoms with Gasteiger partial charge in [-0.15, -0.1) is 0 Å². The normalized spacial score (nSPS) is 14.5. The summed E-state index contributed by atoms with van der Waals surface area (Å²) in [7, 11) is 0. The molecule has 1 unspecified atom stereocenters. The standard InChI is InChI=1S/C27H24F3N3O3S/c1-2-23(34)32-22-12-19(13-24(37)33-22)26(35)31-14-16-7-9-17(10-8-16)25-20-6-4-3-5-18(20)11-21(25)36-15-27(28,29)30/h3-13,25H,2,14-15H2,1H3,(H,31,35)(H2,32,33,34,37). The number of nitrogens with one attached hydrogen (secondary N) is 3. The number of hydrogen-bond acceptors (Lipinski definition) is 4. The van der Waals surface area contributed by atoms with Gasteiger partial charge in [0, 0.05) is 18.5 Å². The van der Waals surface area contributed by atoms with Crippen LogP contribution >= 0.6 is 12.2 Å². The number of carbonyl (C=O) groups excluding carboxylic acids is 2. The molecule has 1 atom stereocenters. The molecule has 0 saturated carbocycles. The van der Waals surface area contributed by atoms with Gasteiger partial charge in [-0.1, -0.05) is 67.7 Å². The Kier molecular flexibility index (Phi) is 7.77. The zero-order chi connectivity index (χ0) is 26.6.